The Morgan fingerprint density at radius 2 is 2.05 bits per heavy atom. The average molecular weight is 274 g/mol. The van der Waals surface area contributed by atoms with E-state index in [9.17, 15) is 4.79 Å². The molecule has 0 bridgehead atoms. The summed E-state index contributed by atoms with van der Waals surface area (Å²) in [5.74, 6) is 1.42. The van der Waals surface area contributed by atoms with Gasteiger partial charge in [0.1, 0.15) is 11.5 Å². The van der Waals surface area contributed by atoms with Crippen LogP contribution in [0.1, 0.15) is 15.2 Å². The Morgan fingerprint density at radius 1 is 1.21 bits per heavy atom. The third-order valence-electron chi connectivity index (χ3n) is 2.62. The van der Waals surface area contributed by atoms with E-state index in [4.69, 9.17) is 9.47 Å². The zero-order valence-corrected chi connectivity index (χ0v) is 11.6. The first kappa shape index (κ1) is 13.4. The summed E-state index contributed by atoms with van der Waals surface area (Å²) in [5.41, 5.74) is 0.812. The van der Waals surface area contributed by atoms with Crippen molar-refractivity contribution in [2.24, 2.45) is 0 Å². The molecule has 0 amide bonds. The fourth-order valence-corrected chi connectivity index (χ4v) is 2.28. The Balaban J connectivity index is 2.24. The highest BCUT2D eigenvalue weighted by molar-refractivity contribution is 7.12. The fraction of sp³-hybridized carbons (Fsp3) is 0.133. The summed E-state index contributed by atoms with van der Waals surface area (Å²) in [6.07, 6.45) is 3.28. The van der Waals surface area contributed by atoms with Crippen molar-refractivity contribution in [2.75, 3.05) is 14.2 Å². The van der Waals surface area contributed by atoms with Crippen LogP contribution in [0.2, 0.25) is 0 Å². The normalized spacial score (nSPS) is 10.6. The van der Waals surface area contributed by atoms with E-state index >= 15 is 0 Å². The molecule has 1 aromatic carbocycles. The molecule has 0 radical (unpaired) electrons. The van der Waals surface area contributed by atoms with Gasteiger partial charge in [-0.25, -0.2) is 0 Å². The van der Waals surface area contributed by atoms with E-state index in [2.05, 4.69) is 0 Å². The second-order valence-electron chi connectivity index (χ2n) is 3.78. The first-order valence-corrected chi connectivity index (χ1v) is 6.60. The van der Waals surface area contributed by atoms with Gasteiger partial charge in [0.25, 0.3) is 0 Å². The van der Waals surface area contributed by atoms with Crippen LogP contribution in [-0.4, -0.2) is 20.0 Å². The number of hydrogen-bond donors (Lipinski definition) is 0. The van der Waals surface area contributed by atoms with Crippen molar-refractivity contribution < 1.29 is 14.3 Å². The smallest absolute Gasteiger partial charge is 0.195 e. The van der Waals surface area contributed by atoms with E-state index in [1.54, 1.807) is 32.4 Å². The van der Waals surface area contributed by atoms with Gasteiger partial charge in [-0.05, 0) is 41.8 Å². The second kappa shape index (κ2) is 6.20. The quantitative estimate of drug-likeness (QED) is 0.616. The average Bonchev–Trinajstić information content (AvgIpc) is 2.98. The van der Waals surface area contributed by atoms with Gasteiger partial charge < -0.3 is 9.47 Å². The standard InChI is InChI=1S/C15H14O3S/c1-17-12-6-8-14(18-2)11(10-12)5-7-13(16)15-4-3-9-19-15/h3-10H,1-2H3/b7-5+. The van der Waals surface area contributed by atoms with Gasteiger partial charge >= 0.3 is 0 Å². The monoisotopic (exact) mass is 274 g/mol. The minimum Gasteiger partial charge on any atom is -0.497 e. The summed E-state index contributed by atoms with van der Waals surface area (Å²) in [7, 11) is 3.20. The van der Waals surface area contributed by atoms with Crippen LogP contribution in [0.3, 0.4) is 0 Å². The Labute approximate surface area is 116 Å². The summed E-state index contributed by atoms with van der Waals surface area (Å²) in [5, 5.41) is 1.88. The van der Waals surface area contributed by atoms with Gasteiger partial charge in [-0.2, -0.15) is 0 Å². The molecule has 0 N–H and O–H groups in total. The third kappa shape index (κ3) is 3.23. The molecule has 19 heavy (non-hydrogen) atoms. The highest BCUT2D eigenvalue weighted by Gasteiger charge is 2.05. The largest absolute Gasteiger partial charge is 0.497 e. The van der Waals surface area contributed by atoms with Gasteiger partial charge in [0, 0.05) is 5.56 Å². The molecule has 0 unspecified atom stereocenters. The zero-order chi connectivity index (χ0) is 13.7. The number of ether oxygens (including phenoxy) is 2. The maximum absolute atomic E-state index is 11.9. The number of benzene rings is 1. The van der Waals surface area contributed by atoms with E-state index < -0.39 is 0 Å². The maximum Gasteiger partial charge on any atom is 0.195 e. The number of methoxy groups -OCH3 is 2. The first-order chi connectivity index (χ1) is 9.24. The van der Waals surface area contributed by atoms with Gasteiger partial charge in [0.05, 0.1) is 19.1 Å². The second-order valence-corrected chi connectivity index (χ2v) is 4.73. The molecule has 1 aromatic heterocycles. The Morgan fingerprint density at radius 3 is 2.68 bits per heavy atom. The molecular formula is C15H14O3S. The van der Waals surface area contributed by atoms with Crippen molar-refractivity contribution in [1.82, 2.24) is 0 Å². The summed E-state index contributed by atoms with van der Waals surface area (Å²) in [6.45, 7) is 0. The molecule has 2 aromatic rings. The number of carbonyl (C=O) groups excluding carboxylic acids is 1. The molecule has 1 heterocycles. The summed E-state index contributed by atoms with van der Waals surface area (Å²) < 4.78 is 10.4. The number of carbonyl (C=O) groups is 1. The van der Waals surface area contributed by atoms with Crippen LogP contribution in [0.15, 0.2) is 41.8 Å². The van der Waals surface area contributed by atoms with Gasteiger partial charge in [-0.15, -0.1) is 11.3 Å². The van der Waals surface area contributed by atoms with E-state index in [0.29, 0.717) is 5.75 Å². The van der Waals surface area contributed by atoms with Crippen LogP contribution in [0.5, 0.6) is 11.5 Å². The van der Waals surface area contributed by atoms with Gasteiger partial charge in [-0.3, -0.25) is 4.79 Å². The molecule has 0 aliphatic rings. The first-order valence-electron chi connectivity index (χ1n) is 5.72. The van der Waals surface area contributed by atoms with Gasteiger partial charge in [-0.1, -0.05) is 6.07 Å². The van der Waals surface area contributed by atoms with E-state index in [1.165, 1.54) is 11.3 Å². The lowest BCUT2D eigenvalue weighted by molar-refractivity contribution is 0.105. The molecule has 0 saturated carbocycles. The van der Waals surface area contributed by atoms with Crippen LogP contribution >= 0.6 is 11.3 Å². The molecule has 2 rings (SSSR count). The van der Waals surface area contributed by atoms with Crippen LogP contribution in [-0.2, 0) is 0 Å². The lowest BCUT2D eigenvalue weighted by atomic mass is 10.1. The van der Waals surface area contributed by atoms with Crippen LogP contribution in [0.4, 0.5) is 0 Å². The molecule has 3 nitrogen and oxygen atoms in total. The molecule has 0 aliphatic carbocycles. The number of rotatable bonds is 5. The molecule has 0 fully saturated rings. The van der Waals surface area contributed by atoms with E-state index in [-0.39, 0.29) is 5.78 Å². The summed E-state index contributed by atoms with van der Waals surface area (Å²) >= 11 is 1.43. The maximum atomic E-state index is 11.9. The minimum atomic E-state index is -0.0140. The molecule has 0 atom stereocenters. The van der Waals surface area contributed by atoms with Crippen molar-refractivity contribution in [3.8, 4) is 11.5 Å². The lowest BCUT2D eigenvalue weighted by Gasteiger charge is -2.06. The Kier molecular flexibility index (Phi) is 4.36. The lowest BCUT2D eigenvalue weighted by Crippen LogP contribution is -1.92. The van der Waals surface area contributed by atoms with Crippen LogP contribution in [0, 0.1) is 0 Å². The number of ketones is 1. The van der Waals surface area contributed by atoms with Crippen molar-refractivity contribution in [3.05, 3.63) is 52.2 Å². The SMILES string of the molecule is COc1ccc(OC)c(/C=C/C(=O)c2cccs2)c1. The predicted molar refractivity (Wildman–Crippen MR) is 77.2 cm³/mol. The minimum absolute atomic E-state index is 0.0140. The fourth-order valence-electron chi connectivity index (χ4n) is 1.64. The molecule has 4 heteroatoms. The molecule has 0 spiro atoms. The highest BCUT2D eigenvalue weighted by Crippen LogP contribution is 2.25. The Hall–Kier alpha value is -2.07. The van der Waals surface area contributed by atoms with Gasteiger partial charge in [0.15, 0.2) is 5.78 Å². The van der Waals surface area contributed by atoms with Crippen molar-refractivity contribution in [2.45, 2.75) is 0 Å². The molecule has 0 aliphatic heterocycles. The summed E-state index contributed by atoms with van der Waals surface area (Å²) in [6, 6.07) is 9.13. The molecular weight excluding hydrogens is 260 g/mol. The van der Waals surface area contributed by atoms with Crippen molar-refractivity contribution >= 4 is 23.2 Å². The zero-order valence-electron chi connectivity index (χ0n) is 10.8. The van der Waals surface area contributed by atoms with Crippen molar-refractivity contribution in [1.29, 1.82) is 0 Å². The topological polar surface area (TPSA) is 35.5 Å². The number of thiophene rings is 1. The number of hydrogen-bond acceptors (Lipinski definition) is 4. The molecule has 98 valence electrons. The molecule has 0 saturated heterocycles. The highest BCUT2D eigenvalue weighted by atomic mass is 32.1. The van der Waals surface area contributed by atoms with Gasteiger partial charge in [0.2, 0.25) is 0 Å². The summed E-state index contributed by atoms with van der Waals surface area (Å²) in [4.78, 5) is 12.6. The van der Waals surface area contributed by atoms with E-state index in [1.807, 2.05) is 29.6 Å². The van der Waals surface area contributed by atoms with Crippen LogP contribution < -0.4 is 9.47 Å². The Bertz CT molecular complexity index is 585. The number of allylic oxidation sites excluding steroid dienone is 1. The third-order valence-corrected chi connectivity index (χ3v) is 3.50. The van der Waals surface area contributed by atoms with E-state index in [0.717, 1.165) is 16.2 Å². The van der Waals surface area contributed by atoms with Crippen LogP contribution in [0.25, 0.3) is 6.08 Å². The predicted octanol–water partition coefficient (Wildman–Crippen LogP) is 3.66. The van der Waals surface area contributed by atoms with Crippen molar-refractivity contribution in [3.63, 3.8) is 0 Å².